The van der Waals surface area contributed by atoms with E-state index in [1.54, 1.807) is 6.92 Å². The van der Waals surface area contributed by atoms with Crippen molar-refractivity contribution < 1.29 is 0 Å². The molecule has 0 saturated carbocycles. The van der Waals surface area contributed by atoms with Crippen molar-refractivity contribution in [2.75, 3.05) is 0 Å². The Morgan fingerprint density at radius 2 is 1.41 bits per heavy atom. The molecule has 1 unspecified atom stereocenters. The summed E-state index contributed by atoms with van der Waals surface area (Å²) in [5.74, 6) is 0. The van der Waals surface area contributed by atoms with E-state index in [4.69, 9.17) is 63.3 Å². The molecule has 0 aliphatic rings. The molecule has 2 nitrogen and oxygen atoms in total. The smallest absolute Gasteiger partial charge is 0.102 e. The van der Waals surface area contributed by atoms with Crippen LogP contribution in [0.4, 0.5) is 0 Å². The number of hydrogen-bond acceptors (Lipinski definition) is 3. The minimum Gasteiger partial charge on any atom is -0.243 e. The lowest BCUT2D eigenvalue weighted by Gasteiger charge is -2.12. The molecule has 1 aromatic carbocycles. The Kier molecular flexibility index (Phi) is 6.01. The molecular weight excluding hydrogens is 345 g/mol. The van der Waals surface area contributed by atoms with Gasteiger partial charge >= 0.3 is 0 Å². The van der Waals surface area contributed by atoms with Crippen LogP contribution in [0, 0.1) is 11.3 Å². The van der Waals surface area contributed by atoms with Crippen molar-refractivity contribution in [1.29, 1.82) is 5.26 Å². The maximum atomic E-state index is 8.64. The van der Waals surface area contributed by atoms with Crippen LogP contribution >= 0.6 is 70.0 Å². The van der Waals surface area contributed by atoms with E-state index in [0.29, 0.717) is 4.90 Å². The first-order valence-electron chi connectivity index (χ1n) is 4.23. The van der Waals surface area contributed by atoms with Crippen LogP contribution in [0.2, 0.25) is 25.1 Å². The van der Waals surface area contributed by atoms with Gasteiger partial charge in [-0.15, -0.1) is 0 Å². The Bertz CT molecular complexity index is 456. The van der Waals surface area contributed by atoms with Gasteiger partial charge in [-0.3, -0.25) is 0 Å². The van der Waals surface area contributed by atoms with Crippen LogP contribution in [-0.2, 0) is 0 Å². The van der Waals surface area contributed by atoms with Gasteiger partial charge in [0.2, 0.25) is 0 Å². The molecule has 1 aromatic rings. The first-order chi connectivity index (χ1) is 7.90. The largest absolute Gasteiger partial charge is 0.243 e. The molecular formula is C9H5Cl5N2S. The van der Waals surface area contributed by atoms with Crippen molar-refractivity contribution in [1.82, 2.24) is 4.72 Å². The Balaban J connectivity index is 3.13. The molecule has 0 saturated heterocycles. The predicted octanol–water partition coefficient (Wildman–Crippen LogP) is 5.46. The molecule has 1 atom stereocenters. The summed E-state index contributed by atoms with van der Waals surface area (Å²) in [5.41, 5.74) is 0. The summed E-state index contributed by atoms with van der Waals surface area (Å²) >= 11 is 30.7. The first-order valence-corrected chi connectivity index (χ1v) is 6.94. The lowest BCUT2D eigenvalue weighted by atomic mass is 10.3. The molecule has 1 N–H and O–H groups in total. The Morgan fingerprint density at radius 3 is 1.82 bits per heavy atom. The van der Waals surface area contributed by atoms with Crippen molar-refractivity contribution in [2.24, 2.45) is 0 Å². The third-order valence-corrected chi connectivity index (χ3v) is 5.29. The molecule has 92 valence electrons. The summed E-state index contributed by atoms with van der Waals surface area (Å²) in [6.45, 7) is 1.69. The van der Waals surface area contributed by atoms with Crippen molar-refractivity contribution in [2.45, 2.75) is 17.9 Å². The predicted molar refractivity (Wildman–Crippen MR) is 75.6 cm³/mol. The molecule has 8 heteroatoms. The molecule has 0 radical (unpaired) electrons. The van der Waals surface area contributed by atoms with Crippen molar-refractivity contribution >= 4 is 70.0 Å². The van der Waals surface area contributed by atoms with Crippen LogP contribution in [0.25, 0.3) is 0 Å². The average molecular weight is 350 g/mol. The van der Waals surface area contributed by atoms with Gasteiger partial charge in [0.05, 0.1) is 36.1 Å². The van der Waals surface area contributed by atoms with E-state index < -0.39 is 0 Å². The van der Waals surface area contributed by atoms with Crippen LogP contribution in [0.1, 0.15) is 6.92 Å². The van der Waals surface area contributed by atoms with Gasteiger partial charge in [0.25, 0.3) is 0 Å². The van der Waals surface area contributed by atoms with Gasteiger partial charge in [-0.2, -0.15) is 5.26 Å². The van der Waals surface area contributed by atoms with E-state index >= 15 is 0 Å². The second-order valence-electron chi connectivity index (χ2n) is 2.97. The summed E-state index contributed by atoms with van der Waals surface area (Å²) in [6.07, 6.45) is 0. The molecule has 1 rings (SSSR count). The summed E-state index contributed by atoms with van der Waals surface area (Å²) in [7, 11) is 0. The topological polar surface area (TPSA) is 35.8 Å². The normalized spacial score (nSPS) is 12.3. The molecule has 0 aliphatic heterocycles. The van der Waals surface area contributed by atoms with Crippen molar-refractivity contribution in [3.8, 4) is 6.07 Å². The lowest BCUT2D eigenvalue weighted by molar-refractivity contribution is 0.865. The van der Waals surface area contributed by atoms with Gasteiger partial charge in [0.15, 0.2) is 0 Å². The highest BCUT2D eigenvalue weighted by molar-refractivity contribution is 7.97. The molecule has 0 amide bonds. The number of benzene rings is 1. The fourth-order valence-corrected chi connectivity index (χ4v) is 3.06. The van der Waals surface area contributed by atoms with Gasteiger partial charge in [-0.1, -0.05) is 58.0 Å². The maximum Gasteiger partial charge on any atom is 0.102 e. The van der Waals surface area contributed by atoms with E-state index in [1.165, 1.54) is 0 Å². The second kappa shape index (κ2) is 6.58. The third-order valence-electron chi connectivity index (χ3n) is 1.70. The molecule has 0 bridgehead atoms. The molecule has 0 aromatic heterocycles. The van der Waals surface area contributed by atoms with Gasteiger partial charge < -0.3 is 0 Å². The molecule has 0 aliphatic carbocycles. The number of halogens is 5. The number of nitrogens with one attached hydrogen (secondary N) is 1. The summed E-state index contributed by atoms with van der Waals surface area (Å²) in [5, 5.41) is 9.43. The van der Waals surface area contributed by atoms with Crippen molar-refractivity contribution in [3.63, 3.8) is 0 Å². The summed E-state index contributed by atoms with van der Waals surface area (Å²) in [6, 6.07) is 1.63. The highest BCUT2D eigenvalue weighted by atomic mass is 35.5. The molecule has 0 fully saturated rings. The van der Waals surface area contributed by atoms with E-state index in [1.807, 2.05) is 6.07 Å². The fourth-order valence-electron chi connectivity index (χ4n) is 0.848. The monoisotopic (exact) mass is 348 g/mol. The van der Waals surface area contributed by atoms with Crippen LogP contribution in [0.15, 0.2) is 4.90 Å². The third kappa shape index (κ3) is 3.48. The first kappa shape index (κ1) is 15.5. The van der Waals surface area contributed by atoms with E-state index in [9.17, 15) is 0 Å². The zero-order valence-corrected chi connectivity index (χ0v) is 12.9. The highest BCUT2D eigenvalue weighted by Crippen LogP contribution is 2.47. The minimum atomic E-state index is -0.375. The number of hydrogen-bond donors (Lipinski definition) is 1. The second-order valence-corrected chi connectivity index (χ2v) is 5.71. The van der Waals surface area contributed by atoms with Gasteiger partial charge in [0.1, 0.15) is 6.04 Å². The van der Waals surface area contributed by atoms with Crippen LogP contribution in [0.5, 0.6) is 0 Å². The number of nitrogens with zero attached hydrogens (tertiary/aromatic N) is 1. The van der Waals surface area contributed by atoms with E-state index in [2.05, 4.69) is 4.72 Å². The Labute approximate surface area is 128 Å². The zero-order chi connectivity index (χ0) is 13.2. The van der Waals surface area contributed by atoms with Gasteiger partial charge in [-0.25, -0.2) is 4.72 Å². The number of rotatable bonds is 3. The fraction of sp³-hybridized carbons (Fsp3) is 0.222. The molecule has 0 heterocycles. The van der Waals surface area contributed by atoms with Crippen LogP contribution in [-0.4, -0.2) is 6.04 Å². The quantitative estimate of drug-likeness (QED) is 0.446. The highest BCUT2D eigenvalue weighted by Gasteiger charge is 2.20. The van der Waals surface area contributed by atoms with E-state index in [-0.39, 0.29) is 31.2 Å². The van der Waals surface area contributed by atoms with E-state index in [0.717, 1.165) is 11.9 Å². The minimum absolute atomic E-state index is 0.112. The Hall–Kier alpha value is 0.470. The average Bonchev–Trinajstić information content (AvgIpc) is 2.33. The van der Waals surface area contributed by atoms with Crippen molar-refractivity contribution in [3.05, 3.63) is 25.1 Å². The SMILES string of the molecule is CC(C#N)NSc1c(Cl)c(Cl)c(Cl)c(Cl)c1Cl. The number of nitriles is 1. The molecule has 0 spiro atoms. The summed E-state index contributed by atoms with van der Waals surface area (Å²) in [4.78, 5) is 0.440. The van der Waals surface area contributed by atoms with Gasteiger partial charge in [-0.05, 0) is 18.9 Å². The standard InChI is InChI=1S/C9H5Cl5N2S/c1-3(2-15)16-17-9-7(13)5(11)4(10)6(12)8(9)14/h3,16H,1H3. The Morgan fingerprint density at radius 1 is 1.00 bits per heavy atom. The summed E-state index contributed by atoms with van der Waals surface area (Å²) < 4.78 is 2.83. The van der Waals surface area contributed by atoms with Crippen LogP contribution in [0.3, 0.4) is 0 Å². The van der Waals surface area contributed by atoms with Gasteiger partial charge in [0, 0.05) is 0 Å². The lowest BCUT2D eigenvalue weighted by Crippen LogP contribution is -2.16. The molecule has 17 heavy (non-hydrogen) atoms. The maximum absolute atomic E-state index is 8.64. The van der Waals surface area contributed by atoms with Crippen LogP contribution < -0.4 is 4.72 Å². The zero-order valence-electron chi connectivity index (χ0n) is 8.32.